The number of sulfonamides is 1. The van der Waals surface area contributed by atoms with Gasteiger partial charge in [-0.3, -0.25) is 13.9 Å². The maximum atomic E-state index is 13.8. The van der Waals surface area contributed by atoms with Gasteiger partial charge < -0.3 is 19.7 Å². The fourth-order valence-corrected chi connectivity index (χ4v) is 5.68. The van der Waals surface area contributed by atoms with Crippen molar-refractivity contribution in [1.29, 1.82) is 0 Å². The number of nitrogens with one attached hydrogen (secondary N) is 1. The molecule has 1 saturated carbocycles. The minimum atomic E-state index is -3.81. The number of amides is 2. The van der Waals surface area contributed by atoms with Crippen LogP contribution in [0.1, 0.15) is 50.7 Å². The first-order chi connectivity index (χ1) is 17.7. The first-order valence-corrected chi connectivity index (χ1v) is 14.3. The summed E-state index contributed by atoms with van der Waals surface area (Å²) in [6.45, 7) is 4.98. The highest BCUT2D eigenvalue weighted by atomic mass is 32.2. The Balaban J connectivity index is 1.61. The molecule has 0 saturated heterocycles. The van der Waals surface area contributed by atoms with Gasteiger partial charge in [0, 0.05) is 18.7 Å². The van der Waals surface area contributed by atoms with Crippen LogP contribution in [0, 0.1) is 6.92 Å². The lowest BCUT2D eigenvalue weighted by Crippen LogP contribution is -2.52. The smallest absolute Gasteiger partial charge is 0.244 e. The summed E-state index contributed by atoms with van der Waals surface area (Å²) in [5.41, 5.74) is 2.24. The van der Waals surface area contributed by atoms with E-state index in [2.05, 4.69) is 5.32 Å². The van der Waals surface area contributed by atoms with Crippen LogP contribution in [-0.2, 0) is 26.2 Å². The summed E-state index contributed by atoms with van der Waals surface area (Å²) in [4.78, 5) is 28.4. The molecule has 1 heterocycles. The first kappa shape index (κ1) is 26.8. The molecule has 9 nitrogen and oxygen atoms in total. The predicted octanol–water partition coefficient (Wildman–Crippen LogP) is 3.36. The van der Waals surface area contributed by atoms with Gasteiger partial charge in [0.15, 0.2) is 11.5 Å². The number of rotatable bonds is 10. The molecule has 2 aromatic carbocycles. The van der Waals surface area contributed by atoms with Crippen LogP contribution in [-0.4, -0.2) is 56.3 Å². The fraction of sp³-hybridized carbons (Fsp3) is 0.481. The van der Waals surface area contributed by atoms with Crippen LogP contribution in [0.2, 0.25) is 0 Å². The number of fused-ring (bicyclic) bond motifs is 1. The van der Waals surface area contributed by atoms with Gasteiger partial charge in [0.25, 0.3) is 0 Å². The van der Waals surface area contributed by atoms with Crippen molar-refractivity contribution in [1.82, 2.24) is 10.2 Å². The molecule has 200 valence electrons. The molecule has 2 amide bonds. The van der Waals surface area contributed by atoms with E-state index in [1.807, 2.05) is 31.2 Å². The van der Waals surface area contributed by atoms with Gasteiger partial charge in [-0.05, 0) is 51.3 Å². The standard InChI is InChI=1S/C27H35N3O6S/c1-4-37(33,34)30(23-13-14-24-25(15-23)36-18-35-24)17-26(31)29(16-21-11-9-19(2)10-12-21)20(3)27(32)28-22-7-5-6-8-22/h9-15,20,22H,4-8,16-18H2,1-3H3,(H,28,32)/t20-/m1/s1. The van der Waals surface area contributed by atoms with Crippen LogP contribution < -0.4 is 19.1 Å². The third-order valence-electron chi connectivity index (χ3n) is 6.97. The van der Waals surface area contributed by atoms with E-state index < -0.39 is 28.5 Å². The van der Waals surface area contributed by atoms with Crippen LogP contribution in [0.15, 0.2) is 42.5 Å². The Bertz CT molecular complexity index is 1230. The molecule has 2 aliphatic rings. The molecule has 1 aliphatic carbocycles. The highest BCUT2D eigenvalue weighted by Crippen LogP contribution is 2.36. The summed E-state index contributed by atoms with van der Waals surface area (Å²) in [7, 11) is -3.81. The van der Waals surface area contributed by atoms with E-state index in [4.69, 9.17) is 9.47 Å². The zero-order valence-corrected chi connectivity index (χ0v) is 22.4. The molecule has 10 heteroatoms. The lowest BCUT2D eigenvalue weighted by molar-refractivity contribution is -0.139. The van der Waals surface area contributed by atoms with Crippen LogP contribution in [0.5, 0.6) is 11.5 Å². The number of nitrogens with zero attached hydrogens (tertiary/aromatic N) is 2. The van der Waals surface area contributed by atoms with Crippen molar-refractivity contribution >= 4 is 27.5 Å². The Morgan fingerprint density at radius 2 is 1.73 bits per heavy atom. The van der Waals surface area contributed by atoms with E-state index in [-0.39, 0.29) is 31.0 Å². The summed E-state index contributed by atoms with van der Waals surface area (Å²) in [6, 6.07) is 11.8. The van der Waals surface area contributed by atoms with Crippen molar-refractivity contribution in [2.24, 2.45) is 0 Å². The van der Waals surface area contributed by atoms with Gasteiger partial charge >= 0.3 is 0 Å². The summed E-state index contributed by atoms with van der Waals surface area (Å²) >= 11 is 0. The highest BCUT2D eigenvalue weighted by molar-refractivity contribution is 7.92. The summed E-state index contributed by atoms with van der Waals surface area (Å²) < 4.78 is 38.0. The minimum Gasteiger partial charge on any atom is -0.454 e. The third-order valence-corrected chi connectivity index (χ3v) is 8.71. The van der Waals surface area contributed by atoms with Crippen LogP contribution in [0.4, 0.5) is 5.69 Å². The number of hydrogen-bond acceptors (Lipinski definition) is 6. The third kappa shape index (κ3) is 6.36. The monoisotopic (exact) mass is 529 g/mol. The first-order valence-electron chi connectivity index (χ1n) is 12.7. The number of hydrogen-bond donors (Lipinski definition) is 1. The van der Waals surface area contributed by atoms with Crippen LogP contribution in [0.3, 0.4) is 0 Å². The molecular weight excluding hydrogens is 494 g/mol. The Labute approximate surface area is 218 Å². The number of carbonyl (C=O) groups is 2. The average Bonchev–Trinajstić information content (AvgIpc) is 3.57. The maximum absolute atomic E-state index is 13.8. The SMILES string of the molecule is CCS(=O)(=O)N(CC(=O)N(Cc1ccc(C)cc1)[C@H](C)C(=O)NC1CCCC1)c1ccc2c(c1)OCO2. The van der Waals surface area contributed by atoms with Crippen molar-refractivity contribution in [2.75, 3.05) is 23.4 Å². The van der Waals surface area contributed by atoms with Gasteiger partial charge in [-0.1, -0.05) is 42.7 Å². The van der Waals surface area contributed by atoms with Crippen LogP contribution in [0.25, 0.3) is 0 Å². The van der Waals surface area contributed by atoms with Crippen molar-refractivity contribution in [3.8, 4) is 11.5 Å². The van der Waals surface area contributed by atoms with Gasteiger partial charge in [-0.25, -0.2) is 8.42 Å². The quantitative estimate of drug-likeness (QED) is 0.506. The minimum absolute atomic E-state index is 0.0518. The summed E-state index contributed by atoms with van der Waals surface area (Å²) in [6.07, 6.45) is 4.00. The number of aryl methyl sites for hydroxylation is 1. The zero-order valence-electron chi connectivity index (χ0n) is 21.6. The Hall–Kier alpha value is -3.27. The van der Waals surface area contributed by atoms with Gasteiger partial charge in [-0.15, -0.1) is 0 Å². The van der Waals surface area contributed by atoms with E-state index in [0.717, 1.165) is 41.1 Å². The molecule has 2 aromatic rings. The van der Waals surface area contributed by atoms with Crippen molar-refractivity contribution in [2.45, 2.75) is 65.1 Å². The second-order valence-corrected chi connectivity index (χ2v) is 11.8. The molecule has 1 aliphatic heterocycles. The van der Waals surface area contributed by atoms with E-state index in [1.54, 1.807) is 25.1 Å². The second kappa shape index (κ2) is 11.4. The van der Waals surface area contributed by atoms with E-state index in [9.17, 15) is 18.0 Å². The zero-order chi connectivity index (χ0) is 26.6. The molecule has 1 fully saturated rings. The Morgan fingerprint density at radius 3 is 2.41 bits per heavy atom. The lowest BCUT2D eigenvalue weighted by atomic mass is 10.1. The van der Waals surface area contributed by atoms with Crippen LogP contribution >= 0.6 is 0 Å². The van der Waals surface area contributed by atoms with Gasteiger partial charge in [-0.2, -0.15) is 0 Å². The van der Waals surface area contributed by atoms with Crippen molar-refractivity contribution in [3.05, 3.63) is 53.6 Å². The molecule has 1 N–H and O–H groups in total. The normalized spacial score (nSPS) is 15.9. The number of benzene rings is 2. The molecule has 0 bridgehead atoms. The topological polar surface area (TPSA) is 105 Å². The molecule has 0 radical (unpaired) electrons. The number of ether oxygens (including phenoxy) is 2. The van der Waals surface area contributed by atoms with E-state index in [0.29, 0.717) is 17.2 Å². The Morgan fingerprint density at radius 1 is 1.05 bits per heavy atom. The number of carbonyl (C=O) groups excluding carboxylic acids is 2. The molecule has 0 unspecified atom stereocenters. The van der Waals surface area contributed by atoms with E-state index >= 15 is 0 Å². The molecule has 1 atom stereocenters. The maximum Gasteiger partial charge on any atom is 0.244 e. The van der Waals surface area contributed by atoms with Gasteiger partial charge in [0.05, 0.1) is 11.4 Å². The lowest BCUT2D eigenvalue weighted by Gasteiger charge is -2.32. The summed E-state index contributed by atoms with van der Waals surface area (Å²) in [5, 5.41) is 3.07. The Kier molecular flexibility index (Phi) is 8.26. The molecule has 37 heavy (non-hydrogen) atoms. The second-order valence-electron chi connectivity index (χ2n) is 9.62. The average molecular weight is 530 g/mol. The predicted molar refractivity (Wildman–Crippen MR) is 141 cm³/mol. The molecule has 0 spiro atoms. The molecule has 0 aromatic heterocycles. The van der Waals surface area contributed by atoms with Gasteiger partial charge in [0.1, 0.15) is 12.6 Å². The fourth-order valence-electron chi connectivity index (χ4n) is 4.62. The van der Waals surface area contributed by atoms with Crippen molar-refractivity contribution in [3.63, 3.8) is 0 Å². The number of anilines is 1. The molecular formula is C27H35N3O6S. The summed E-state index contributed by atoms with van der Waals surface area (Å²) in [5.74, 6) is 0.0404. The van der Waals surface area contributed by atoms with E-state index in [1.165, 1.54) is 11.8 Å². The highest BCUT2D eigenvalue weighted by Gasteiger charge is 2.32. The molecule has 4 rings (SSSR count). The van der Waals surface area contributed by atoms with Gasteiger partial charge in [0.2, 0.25) is 28.6 Å². The largest absolute Gasteiger partial charge is 0.454 e. The van der Waals surface area contributed by atoms with Crippen molar-refractivity contribution < 1.29 is 27.5 Å².